The fourth-order valence-corrected chi connectivity index (χ4v) is 9.42. The van der Waals surface area contributed by atoms with Crippen molar-refractivity contribution in [2.45, 2.75) is 90.3 Å². The largest absolute Gasteiger partial charge is 0.487 e. The van der Waals surface area contributed by atoms with Crippen molar-refractivity contribution >= 4 is 8.32 Å². The topological polar surface area (TPSA) is 27.7 Å². The molecule has 0 aromatic heterocycles. The number of hydrogen-bond donors (Lipinski definition) is 0. The minimum Gasteiger partial charge on any atom is -0.487 e. The van der Waals surface area contributed by atoms with E-state index in [2.05, 4.69) is 46.3 Å². The van der Waals surface area contributed by atoms with Crippen LogP contribution in [0.15, 0.2) is 18.2 Å². The van der Waals surface area contributed by atoms with E-state index in [1.54, 1.807) is 18.2 Å². The average Bonchev–Trinajstić information content (AvgIpc) is 3.32. The molecule has 1 fully saturated rings. The van der Waals surface area contributed by atoms with Crippen molar-refractivity contribution in [3.05, 3.63) is 23.8 Å². The van der Waals surface area contributed by atoms with E-state index < -0.39 is 14.9 Å². The minimum absolute atomic E-state index is 0.0933. The fourth-order valence-electron chi connectivity index (χ4n) is 4.00. The van der Waals surface area contributed by atoms with E-state index >= 15 is 0 Å². The maximum Gasteiger partial charge on any atom is 0.387 e. The zero-order chi connectivity index (χ0) is 19.5. The Morgan fingerprint density at radius 2 is 1.54 bits per heavy atom. The predicted molar refractivity (Wildman–Crippen MR) is 103 cm³/mol. The van der Waals surface area contributed by atoms with E-state index in [-0.39, 0.29) is 11.9 Å². The lowest BCUT2D eigenvalue weighted by Crippen LogP contribution is -2.47. The van der Waals surface area contributed by atoms with E-state index in [0.29, 0.717) is 29.0 Å². The second-order valence-corrected chi connectivity index (χ2v) is 13.5. The standard InChI is InChI=1S/C20H32F2O3Si/c1-13(2)26(14(3)4,15(5)6)23-12-16-7-10-18(25-20(21)22)19(11-16)24-17-8-9-17/h7,10-11,13-15,17,20H,8-9,12H2,1-6H3. The zero-order valence-electron chi connectivity index (χ0n) is 16.7. The molecular formula is C20H32F2O3Si. The van der Waals surface area contributed by atoms with Crippen molar-refractivity contribution in [1.82, 2.24) is 0 Å². The van der Waals surface area contributed by atoms with Crippen LogP contribution in [0.3, 0.4) is 0 Å². The third-order valence-corrected chi connectivity index (χ3v) is 11.3. The molecule has 0 atom stereocenters. The van der Waals surface area contributed by atoms with Crippen LogP contribution in [-0.4, -0.2) is 21.0 Å². The Morgan fingerprint density at radius 1 is 0.962 bits per heavy atom. The molecule has 1 aliphatic carbocycles. The molecule has 0 N–H and O–H groups in total. The van der Waals surface area contributed by atoms with Gasteiger partial charge in [0.1, 0.15) is 0 Å². The molecule has 0 bridgehead atoms. The van der Waals surface area contributed by atoms with E-state index in [1.165, 1.54) is 0 Å². The number of halogens is 2. The van der Waals surface area contributed by atoms with Gasteiger partial charge in [0.25, 0.3) is 0 Å². The molecule has 0 aliphatic heterocycles. The third-order valence-electron chi connectivity index (χ3n) is 5.24. The molecule has 0 unspecified atom stereocenters. The Kier molecular flexibility index (Phi) is 7.08. The lowest BCUT2D eigenvalue weighted by Gasteiger charge is -2.42. The summed E-state index contributed by atoms with van der Waals surface area (Å²) in [4.78, 5) is 0. The van der Waals surface area contributed by atoms with Gasteiger partial charge in [0, 0.05) is 0 Å². The van der Waals surface area contributed by atoms with Crippen molar-refractivity contribution in [2.75, 3.05) is 0 Å². The van der Waals surface area contributed by atoms with Crippen LogP contribution in [0.2, 0.25) is 16.6 Å². The molecule has 1 aromatic carbocycles. The van der Waals surface area contributed by atoms with Crippen molar-refractivity contribution in [1.29, 1.82) is 0 Å². The monoisotopic (exact) mass is 386 g/mol. The van der Waals surface area contributed by atoms with Crippen molar-refractivity contribution in [2.24, 2.45) is 0 Å². The smallest absolute Gasteiger partial charge is 0.387 e. The first-order valence-electron chi connectivity index (χ1n) is 9.55. The van der Waals surface area contributed by atoms with Gasteiger partial charge in [-0.15, -0.1) is 0 Å². The number of rotatable bonds is 10. The van der Waals surface area contributed by atoms with Gasteiger partial charge in [-0.05, 0) is 47.2 Å². The Bertz CT molecular complexity index is 565. The fraction of sp³-hybridized carbons (Fsp3) is 0.700. The molecule has 0 amide bonds. The molecule has 0 heterocycles. The summed E-state index contributed by atoms with van der Waals surface area (Å²) in [5.41, 5.74) is 2.41. The Balaban J connectivity index is 2.19. The summed E-state index contributed by atoms with van der Waals surface area (Å²) in [5, 5.41) is 0. The van der Waals surface area contributed by atoms with Crippen LogP contribution in [0, 0.1) is 0 Å². The van der Waals surface area contributed by atoms with Gasteiger partial charge >= 0.3 is 6.61 Å². The summed E-state index contributed by atoms with van der Waals surface area (Å²) in [6.45, 7) is 11.1. The van der Waals surface area contributed by atoms with Crippen LogP contribution >= 0.6 is 0 Å². The quantitative estimate of drug-likeness (QED) is 0.428. The van der Waals surface area contributed by atoms with Gasteiger partial charge in [-0.2, -0.15) is 8.78 Å². The molecule has 0 radical (unpaired) electrons. The Morgan fingerprint density at radius 3 is 2.00 bits per heavy atom. The number of hydrogen-bond acceptors (Lipinski definition) is 3. The summed E-state index contributed by atoms with van der Waals surface area (Å²) in [6, 6.07) is 5.14. The van der Waals surface area contributed by atoms with Crippen LogP contribution in [0.4, 0.5) is 8.78 Å². The zero-order valence-corrected chi connectivity index (χ0v) is 17.7. The second kappa shape index (κ2) is 8.70. The Labute approximate surface area is 157 Å². The third kappa shape index (κ3) is 4.97. The first kappa shape index (κ1) is 21.2. The molecule has 148 valence electrons. The minimum atomic E-state index is -2.86. The summed E-state index contributed by atoms with van der Waals surface area (Å²) >= 11 is 0. The van der Waals surface area contributed by atoms with Crippen molar-refractivity contribution in [3.8, 4) is 11.5 Å². The van der Waals surface area contributed by atoms with Gasteiger partial charge in [-0.3, -0.25) is 0 Å². The highest BCUT2D eigenvalue weighted by Gasteiger charge is 2.45. The van der Waals surface area contributed by atoms with Gasteiger partial charge < -0.3 is 13.9 Å². The normalized spacial score (nSPS) is 15.4. The lowest BCUT2D eigenvalue weighted by molar-refractivity contribution is -0.0516. The first-order chi connectivity index (χ1) is 12.2. The van der Waals surface area contributed by atoms with Crippen LogP contribution < -0.4 is 9.47 Å². The number of ether oxygens (including phenoxy) is 2. The predicted octanol–water partition coefficient (Wildman–Crippen LogP) is 6.52. The number of benzene rings is 1. The first-order valence-corrected chi connectivity index (χ1v) is 11.7. The maximum absolute atomic E-state index is 12.6. The lowest BCUT2D eigenvalue weighted by atomic mass is 10.2. The molecule has 26 heavy (non-hydrogen) atoms. The molecular weight excluding hydrogens is 354 g/mol. The molecule has 1 aromatic rings. The van der Waals surface area contributed by atoms with E-state index in [4.69, 9.17) is 9.16 Å². The highest BCUT2D eigenvalue weighted by molar-refractivity contribution is 6.77. The molecule has 1 saturated carbocycles. The average molecular weight is 387 g/mol. The van der Waals surface area contributed by atoms with E-state index in [0.717, 1.165) is 18.4 Å². The second-order valence-electron chi connectivity index (χ2n) is 8.08. The SMILES string of the molecule is CC(C)[Si](OCc1ccc(OC(F)F)c(OC2CC2)c1)(C(C)C)C(C)C. The summed E-state index contributed by atoms with van der Waals surface area (Å²) in [5.74, 6) is 0.482. The molecule has 0 saturated heterocycles. The molecule has 1 aliphatic rings. The van der Waals surface area contributed by atoms with Crippen LogP contribution in [-0.2, 0) is 11.0 Å². The van der Waals surface area contributed by atoms with Crippen LogP contribution in [0.25, 0.3) is 0 Å². The maximum atomic E-state index is 12.6. The summed E-state index contributed by atoms with van der Waals surface area (Å²) in [6.07, 6.45) is 2.03. The van der Waals surface area contributed by atoms with Gasteiger partial charge in [0.05, 0.1) is 12.7 Å². The van der Waals surface area contributed by atoms with Crippen LogP contribution in [0.1, 0.15) is 59.9 Å². The van der Waals surface area contributed by atoms with Gasteiger partial charge in [0.15, 0.2) is 11.5 Å². The van der Waals surface area contributed by atoms with E-state index in [1.807, 2.05) is 0 Å². The van der Waals surface area contributed by atoms with Gasteiger partial charge in [-0.25, -0.2) is 0 Å². The number of alkyl halides is 2. The van der Waals surface area contributed by atoms with Gasteiger partial charge in [0.2, 0.25) is 8.32 Å². The van der Waals surface area contributed by atoms with Gasteiger partial charge in [-0.1, -0.05) is 47.6 Å². The highest BCUT2D eigenvalue weighted by Crippen LogP contribution is 2.43. The molecule has 0 spiro atoms. The highest BCUT2D eigenvalue weighted by atomic mass is 28.4. The Hall–Kier alpha value is -1.14. The molecule has 6 heteroatoms. The summed E-state index contributed by atoms with van der Waals surface area (Å²) < 4.78 is 42.2. The van der Waals surface area contributed by atoms with Crippen LogP contribution in [0.5, 0.6) is 11.5 Å². The molecule has 2 rings (SSSR count). The molecule has 3 nitrogen and oxygen atoms in total. The van der Waals surface area contributed by atoms with Crippen molar-refractivity contribution < 1.29 is 22.7 Å². The van der Waals surface area contributed by atoms with Crippen molar-refractivity contribution in [3.63, 3.8) is 0 Å². The van der Waals surface area contributed by atoms with E-state index in [9.17, 15) is 8.78 Å². The summed E-state index contributed by atoms with van der Waals surface area (Å²) in [7, 11) is -1.98.